The molecule has 1 heterocycles. The fourth-order valence-corrected chi connectivity index (χ4v) is 3.08. The maximum Gasteiger partial charge on any atom is 0.224 e. The first kappa shape index (κ1) is 17.1. The number of hydrogen-bond donors (Lipinski definition) is 2. The predicted octanol–water partition coefficient (Wildman–Crippen LogP) is 1.29. The first-order chi connectivity index (χ1) is 9.18. The van der Waals surface area contributed by atoms with Crippen LogP contribution in [0.3, 0.4) is 0 Å². The number of guanidine groups is 1. The number of primary amides is 1. The molecule has 1 fully saturated rings. The van der Waals surface area contributed by atoms with Crippen molar-refractivity contribution in [2.24, 2.45) is 16.1 Å². The fraction of sp³-hybridized carbons (Fsp3) is 0.857. The Bertz CT molecular complexity index is 379. The van der Waals surface area contributed by atoms with Gasteiger partial charge in [0.2, 0.25) is 5.91 Å². The highest BCUT2D eigenvalue weighted by Gasteiger charge is 2.30. The molecule has 3 N–H and O–H groups in total. The normalized spacial score (nSPS) is 19.9. The maximum absolute atomic E-state index is 11.4. The van der Waals surface area contributed by atoms with Crippen LogP contribution >= 0.6 is 11.8 Å². The Balaban J connectivity index is 2.80. The smallest absolute Gasteiger partial charge is 0.224 e. The van der Waals surface area contributed by atoms with Gasteiger partial charge in [0.05, 0.1) is 12.0 Å². The number of nitrogens with zero attached hydrogens (tertiary/aromatic N) is 2. The summed E-state index contributed by atoms with van der Waals surface area (Å²) in [6, 6.07) is 0. The van der Waals surface area contributed by atoms with Crippen molar-refractivity contribution in [3.05, 3.63) is 0 Å². The van der Waals surface area contributed by atoms with Crippen LogP contribution in [0.2, 0.25) is 0 Å². The van der Waals surface area contributed by atoms with Gasteiger partial charge in [-0.15, -0.1) is 0 Å². The minimum atomic E-state index is -0.610. The highest BCUT2D eigenvalue weighted by atomic mass is 32.2. The first-order valence-electron chi connectivity index (χ1n) is 7.15. The molecule has 20 heavy (non-hydrogen) atoms. The van der Waals surface area contributed by atoms with Crippen LogP contribution in [0, 0.1) is 5.41 Å². The van der Waals surface area contributed by atoms with Crippen LogP contribution in [-0.2, 0) is 4.79 Å². The lowest BCUT2D eigenvalue weighted by molar-refractivity contribution is -0.125. The van der Waals surface area contributed by atoms with E-state index in [4.69, 9.17) is 5.73 Å². The molecule has 1 aliphatic heterocycles. The molecule has 0 atom stereocenters. The van der Waals surface area contributed by atoms with Gasteiger partial charge in [-0.1, -0.05) is 0 Å². The Kier molecular flexibility index (Phi) is 5.74. The van der Waals surface area contributed by atoms with E-state index in [2.05, 4.69) is 36.0 Å². The molecular weight excluding hydrogens is 272 g/mol. The topological polar surface area (TPSA) is 70.7 Å². The molecule has 1 aliphatic rings. The molecule has 0 saturated carbocycles. The number of carbonyl (C=O) groups is 1. The molecule has 1 rings (SSSR count). The zero-order valence-electron chi connectivity index (χ0n) is 13.3. The molecule has 0 spiro atoms. The van der Waals surface area contributed by atoms with Gasteiger partial charge in [0.25, 0.3) is 0 Å². The first-order valence-corrected chi connectivity index (χ1v) is 8.13. The molecule has 0 unspecified atom stereocenters. The minimum absolute atomic E-state index is 0.230. The molecule has 0 aromatic rings. The Morgan fingerprint density at radius 2 is 2.15 bits per heavy atom. The van der Waals surface area contributed by atoms with E-state index in [-0.39, 0.29) is 10.7 Å². The van der Waals surface area contributed by atoms with E-state index >= 15 is 0 Å². The standard InChI is InChI=1S/C14H28N4OS/c1-6-16-12(17-9-13(2,3)11(15)19)18-7-8-20-14(4,5)10-18/h6-10H2,1-5H3,(H2,15,19)(H,16,17). The molecule has 5 nitrogen and oxygen atoms in total. The van der Waals surface area contributed by atoms with Crippen LogP contribution in [0.1, 0.15) is 34.6 Å². The van der Waals surface area contributed by atoms with Gasteiger partial charge in [-0.2, -0.15) is 11.8 Å². The predicted molar refractivity (Wildman–Crippen MR) is 87.1 cm³/mol. The number of hydrogen-bond acceptors (Lipinski definition) is 3. The van der Waals surface area contributed by atoms with Crippen molar-refractivity contribution >= 4 is 23.6 Å². The number of aliphatic imine (C=N–C) groups is 1. The van der Waals surface area contributed by atoms with Crippen molar-refractivity contribution in [2.45, 2.75) is 39.4 Å². The second-order valence-electron chi connectivity index (χ2n) is 6.45. The molecule has 6 heteroatoms. The molecule has 0 aliphatic carbocycles. The Morgan fingerprint density at radius 3 is 2.65 bits per heavy atom. The summed E-state index contributed by atoms with van der Waals surface area (Å²) >= 11 is 1.99. The van der Waals surface area contributed by atoms with Crippen molar-refractivity contribution in [3.8, 4) is 0 Å². The van der Waals surface area contributed by atoms with E-state index in [0.717, 1.165) is 31.3 Å². The molecule has 0 radical (unpaired) electrons. The molecule has 0 aromatic carbocycles. The number of thioether (sulfide) groups is 1. The van der Waals surface area contributed by atoms with Gasteiger partial charge in [0, 0.05) is 30.1 Å². The summed E-state index contributed by atoms with van der Waals surface area (Å²) in [6.07, 6.45) is 0. The molecule has 116 valence electrons. The van der Waals surface area contributed by atoms with E-state index in [1.807, 2.05) is 25.6 Å². The van der Waals surface area contributed by atoms with Crippen molar-refractivity contribution in [1.82, 2.24) is 10.2 Å². The van der Waals surface area contributed by atoms with Gasteiger partial charge in [-0.3, -0.25) is 9.79 Å². The van der Waals surface area contributed by atoms with Crippen LogP contribution < -0.4 is 11.1 Å². The largest absolute Gasteiger partial charge is 0.369 e. The SMILES string of the molecule is CCNC(=NCC(C)(C)C(N)=O)N1CCSC(C)(C)C1. The summed E-state index contributed by atoms with van der Waals surface area (Å²) in [7, 11) is 0. The summed E-state index contributed by atoms with van der Waals surface area (Å²) in [4.78, 5) is 18.3. The van der Waals surface area contributed by atoms with Gasteiger partial charge >= 0.3 is 0 Å². The Labute approximate surface area is 126 Å². The number of rotatable bonds is 4. The lowest BCUT2D eigenvalue weighted by atomic mass is 9.93. The van der Waals surface area contributed by atoms with Crippen molar-refractivity contribution < 1.29 is 4.79 Å². The second kappa shape index (κ2) is 6.70. The summed E-state index contributed by atoms with van der Waals surface area (Å²) in [5, 5.41) is 3.32. The van der Waals surface area contributed by atoms with Gasteiger partial charge in [0.15, 0.2) is 5.96 Å². The number of nitrogens with one attached hydrogen (secondary N) is 1. The average molecular weight is 300 g/mol. The molecule has 1 saturated heterocycles. The average Bonchev–Trinajstić information content (AvgIpc) is 2.33. The van der Waals surface area contributed by atoms with Gasteiger partial charge in [0.1, 0.15) is 0 Å². The number of carbonyl (C=O) groups excluding carboxylic acids is 1. The molecular formula is C14H28N4OS. The summed E-state index contributed by atoms with van der Waals surface area (Å²) in [5.41, 5.74) is 4.80. The van der Waals surface area contributed by atoms with Gasteiger partial charge in [-0.25, -0.2) is 0 Å². The highest BCUT2D eigenvalue weighted by Crippen LogP contribution is 2.29. The highest BCUT2D eigenvalue weighted by molar-refractivity contribution is 8.00. The zero-order chi connectivity index (χ0) is 15.4. The molecule has 0 aromatic heterocycles. The van der Waals surface area contributed by atoms with Crippen LogP contribution in [0.4, 0.5) is 0 Å². The van der Waals surface area contributed by atoms with Crippen LogP contribution in [-0.4, -0.2) is 53.4 Å². The Hall–Kier alpha value is -0.910. The third-order valence-corrected chi connectivity index (χ3v) is 4.65. The second-order valence-corrected chi connectivity index (χ2v) is 8.25. The number of amides is 1. The Morgan fingerprint density at radius 1 is 1.50 bits per heavy atom. The molecule has 1 amide bonds. The van der Waals surface area contributed by atoms with Crippen molar-refractivity contribution in [1.29, 1.82) is 0 Å². The van der Waals surface area contributed by atoms with E-state index in [0.29, 0.717) is 6.54 Å². The van der Waals surface area contributed by atoms with E-state index < -0.39 is 5.41 Å². The zero-order valence-corrected chi connectivity index (χ0v) is 14.1. The lowest BCUT2D eigenvalue weighted by Crippen LogP contribution is -2.51. The summed E-state index contributed by atoms with van der Waals surface area (Å²) in [5.74, 6) is 1.67. The maximum atomic E-state index is 11.4. The third-order valence-electron chi connectivity index (χ3n) is 3.35. The van der Waals surface area contributed by atoms with Gasteiger partial charge < -0.3 is 16.0 Å². The summed E-state index contributed by atoms with van der Waals surface area (Å²) < 4.78 is 0.230. The number of nitrogens with two attached hydrogens (primary N) is 1. The molecule has 0 bridgehead atoms. The van der Waals surface area contributed by atoms with E-state index in [9.17, 15) is 4.79 Å². The monoisotopic (exact) mass is 300 g/mol. The van der Waals surface area contributed by atoms with E-state index in [1.54, 1.807) is 0 Å². The minimum Gasteiger partial charge on any atom is -0.369 e. The van der Waals surface area contributed by atoms with Crippen molar-refractivity contribution in [2.75, 3.05) is 31.9 Å². The van der Waals surface area contributed by atoms with E-state index in [1.165, 1.54) is 0 Å². The van der Waals surface area contributed by atoms with Gasteiger partial charge in [-0.05, 0) is 34.6 Å². The van der Waals surface area contributed by atoms with Crippen molar-refractivity contribution in [3.63, 3.8) is 0 Å². The van der Waals surface area contributed by atoms with Crippen LogP contribution in [0.25, 0.3) is 0 Å². The van der Waals surface area contributed by atoms with Crippen LogP contribution in [0.5, 0.6) is 0 Å². The third kappa shape index (κ3) is 4.89. The quantitative estimate of drug-likeness (QED) is 0.606. The summed E-state index contributed by atoms with van der Waals surface area (Å²) in [6.45, 7) is 13.4. The fourth-order valence-electron chi connectivity index (χ4n) is 1.97. The van der Waals surface area contributed by atoms with Crippen LogP contribution in [0.15, 0.2) is 4.99 Å². The lowest BCUT2D eigenvalue weighted by Gasteiger charge is -2.39.